The van der Waals surface area contributed by atoms with Gasteiger partial charge in [-0.25, -0.2) is 14.6 Å². The number of esters is 1. The summed E-state index contributed by atoms with van der Waals surface area (Å²) in [5.74, 6) is -1.63. The number of fused-ring (bicyclic) bond motifs is 2. The van der Waals surface area contributed by atoms with E-state index in [2.05, 4.69) is 18.1 Å². The van der Waals surface area contributed by atoms with Crippen LogP contribution in [0.15, 0.2) is 54.5 Å². The van der Waals surface area contributed by atoms with Gasteiger partial charge in [-0.1, -0.05) is 38.3 Å². The lowest BCUT2D eigenvalue weighted by atomic mass is 9.79. The van der Waals surface area contributed by atoms with Gasteiger partial charge >= 0.3 is 12.1 Å². The minimum Gasteiger partial charge on any atom is -0.457 e. The van der Waals surface area contributed by atoms with Crippen LogP contribution in [0.5, 0.6) is 0 Å². The van der Waals surface area contributed by atoms with Crippen LogP contribution in [0.1, 0.15) is 30.8 Å². The van der Waals surface area contributed by atoms with E-state index < -0.39 is 24.1 Å². The van der Waals surface area contributed by atoms with Crippen LogP contribution in [0.3, 0.4) is 0 Å². The predicted octanol–water partition coefficient (Wildman–Crippen LogP) is 4.01. The molecule has 0 bridgehead atoms. The van der Waals surface area contributed by atoms with Crippen LogP contribution >= 0.6 is 23.1 Å². The molecule has 0 aliphatic carbocycles. The lowest BCUT2D eigenvalue weighted by Crippen LogP contribution is -2.63. The van der Waals surface area contributed by atoms with Gasteiger partial charge in [0.05, 0.1) is 36.0 Å². The van der Waals surface area contributed by atoms with Gasteiger partial charge < -0.3 is 24.4 Å². The Morgan fingerprint density at radius 1 is 1.29 bits per heavy atom. The molecule has 0 unspecified atom stereocenters. The van der Waals surface area contributed by atoms with Gasteiger partial charge in [0.2, 0.25) is 5.91 Å². The van der Waals surface area contributed by atoms with Gasteiger partial charge in [0.1, 0.15) is 30.1 Å². The Balaban J connectivity index is 1.42. The number of thioether (sulfide) groups is 1. The van der Waals surface area contributed by atoms with Gasteiger partial charge in [-0.2, -0.15) is 0 Å². The second kappa shape index (κ2) is 11.9. The fourth-order valence-electron chi connectivity index (χ4n) is 5.89. The summed E-state index contributed by atoms with van der Waals surface area (Å²) in [5, 5.41) is 10.2. The average molecular weight is 599 g/mol. The van der Waals surface area contributed by atoms with Crippen molar-refractivity contribution < 1.29 is 29.0 Å². The van der Waals surface area contributed by atoms with Crippen molar-refractivity contribution in [2.24, 2.45) is 11.8 Å². The van der Waals surface area contributed by atoms with E-state index in [9.17, 15) is 19.5 Å². The van der Waals surface area contributed by atoms with Crippen LogP contribution in [-0.2, 0) is 19.1 Å². The van der Waals surface area contributed by atoms with Gasteiger partial charge in [-0.3, -0.25) is 9.20 Å². The number of aliphatic hydroxyl groups excluding tert-OH is 1. The molecule has 5 rings (SSSR count). The lowest BCUT2D eigenvalue weighted by Gasteiger charge is -2.46. The number of amides is 2. The smallest absolute Gasteiger partial charge is 0.410 e. The first kappa shape index (κ1) is 29.2. The summed E-state index contributed by atoms with van der Waals surface area (Å²) in [6.45, 7) is 13.4. The Morgan fingerprint density at radius 2 is 2.02 bits per heavy atom. The number of thiazole rings is 1. The van der Waals surface area contributed by atoms with E-state index in [4.69, 9.17) is 9.47 Å². The number of imidazole rings is 1. The number of hydrogen-bond acceptors (Lipinski definition) is 9. The molecule has 0 spiro atoms. The molecule has 1 N–H and O–H groups in total. The topological polar surface area (TPSA) is 114 Å². The highest BCUT2D eigenvalue weighted by atomic mass is 32.2. The third kappa shape index (κ3) is 5.24. The molecule has 41 heavy (non-hydrogen) atoms. The highest BCUT2D eigenvalue weighted by Crippen LogP contribution is 2.52. The quantitative estimate of drug-likeness (QED) is 0.248. The van der Waals surface area contributed by atoms with Crippen molar-refractivity contribution in [3.05, 3.63) is 65.1 Å². The maximum absolute atomic E-state index is 13.1. The monoisotopic (exact) mass is 598 g/mol. The van der Waals surface area contributed by atoms with Crippen molar-refractivity contribution in [3.63, 3.8) is 0 Å². The van der Waals surface area contributed by atoms with Crippen LogP contribution in [0, 0.1) is 18.8 Å². The molecule has 218 valence electrons. The standard InChI is InChI=1S/C29H34N4O6S2/c1-6-10-38-28(36)25-26(16(3)24-23(17(4)34)27(35)33(24)25)41-20-12-19(31(14-20)29(37)39-11-7-2)8-9-21-18(5)40-22-13-30-15-32(21)22/h6-9,13,15-17,19-20,23-24,34H,1-2,10-12,14H2,3-5H3/t16-,17-,19-,20+,23-,24-/m1/s1. The van der Waals surface area contributed by atoms with Gasteiger partial charge in [0.25, 0.3) is 0 Å². The third-order valence-electron chi connectivity index (χ3n) is 7.75. The summed E-state index contributed by atoms with van der Waals surface area (Å²) >= 11 is 3.14. The van der Waals surface area contributed by atoms with Crippen molar-refractivity contribution in [1.82, 2.24) is 19.2 Å². The molecule has 2 amide bonds. The zero-order chi connectivity index (χ0) is 29.4. The van der Waals surface area contributed by atoms with Crippen LogP contribution in [0.4, 0.5) is 4.79 Å². The minimum absolute atomic E-state index is 0.0204. The highest BCUT2D eigenvalue weighted by molar-refractivity contribution is 8.03. The molecule has 5 heterocycles. The molecule has 2 fully saturated rings. The molecule has 2 saturated heterocycles. The van der Waals surface area contributed by atoms with E-state index in [1.807, 2.05) is 36.6 Å². The summed E-state index contributed by atoms with van der Waals surface area (Å²) in [5.41, 5.74) is 1.23. The van der Waals surface area contributed by atoms with Gasteiger partial charge in [0.15, 0.2) is 0 Å². The largest absolute Gasteiger partial charge is 0.457 e. The number of carbonyl (C=O) groups excluding carboxylic acids is 3. The Bertz CT molecular complexity index is 1440. The second-order valence-electron chi connectivity index (χ2n) is 10.4. The van der Waals surface area contributed by atoms with E-state index >= 15 is 0 Å². The van der Waals surface area contributed by atoms with Crippen molar-refractivity contribution in [1.29, 1.82) is 0 Å². The molecule has 12 heteroatoms. The number of β-lactam (4-membered cyclic amide) rings is 1. The van der Waals surface area contributed by atoms with Crippen molar-refractivity contribution in [3.8, 4) is 0 Å². The first-order chi connectivity index (χ1) is 19.7. The number of aromatic nitrogens is 2. The van der Waals surface area contributed by atoms with Gasteiger partial charge in [-0.15, -0.1) is 23.1 Å². The summed E-state index contributed by atoms with van der Waals surface area (Å²) < 4.78 is 12.8. The number of carbonyl (C=O) groups is 3. The Kier molecular flexibility index (Phi) is 8.44. The maximum Gasteiger partial charge on any atom is 0.410 e. The number of hydrogen-bond donors (Lipinski definition) is 1. The maximum atomic E-state index is 13.1. The third-order valence-corrected chi connectivity index (χ3v) is 10.3. The van der Waals surface area contributed by atoms with E-state index in [0.717, 1.165) is 20.3 Å². The summed E-state index contributed by atoms with van der Waals surface area (Å²) in [4.78, 5) is 49.5. The molecule has 6 atom stereocenters. The SMILES string of the molecule is C=CCOC(=O)C1=C(S[C@H]2C[C@@H](C=Cc3c(C)sc4cncn34)N(C(=O)OCC=C)C2)[C@H](C)[C@@H]2[C@@H]([C@@H](C)O)C(=O)N12. The fraction of sp³-hybridized carbons (Fsp3) is 0.448. The van der Waals surface area contributed by atoms with Crippen LogP contribution in [-0.4, -0.2) is 85.5 Å². The van der Waals surface area contributed by atoms with E-state index in [1.54, 1.807) is 29.5 Å². The number of likely N-dealkylation sites (tertiary alicyclic amines) is 1. The number of rotatable bonds is 10. The molecule has 0 saturated carbocycles. The first-order valence-electron chi connectivity index (χ1n) is 13.5. The number of aliphatic hydroxyl groups is 1. The van der Waals surface area contributed by atoms with Crippen LogP contribution in [0.2, 0.25) is 0 Å². The molecular weight excluding hydrogens is 564 g/mol. The molecule has 2 aromatic rings. The van der Waals surface area contributed by atoms with E-state index in [-0.39, 0.29) is 48.1 Å². The summed E-state index contributed by atoms with van der Waals surface area (Å²) in [6.07, 6.45) is 9.96. The number of nitrogens with zero attached hydrogens (tertiary/aromatic N) is 4. The molecule has 0 radical (unpaired) electrons. The van der Waals surface area contributed by atoms with Gasteiger partial charge in [0, 0.05) is 27.5 Å². The molecular formula is C29H34N4O6S2. The molecule has 0 aromatic carbocycles. The Morgan fingerprint density at radius 3 is 2.73 bits per heavy atom. The average Bonchev–Trinajstić information content (AvgIpc) is 3.67. The molecule has 3 aliphatic rings. The van der Waals surface area contributed by atoms with Crippen molar-refractivity contribution >= 4 is 52.0 Å². The fourth-order valence-corrected chi connectivity index (χ4v) is 8.36. The van der Waals surface area contributed by atoms with Crippen LogP contribution < -0.4 is 0 Å². The normalized spacial score (nSPS) is 26.4. The molecule has 2 aromatic heterocycles. The zero-order valence-electron chi connectivity index (χ0n) is 23.3. The number of aryl methyl sites for hydroxylation is 1. The zero-order valence-corrected chi connectivity index (χ0v) is 24.9. The lowest BCUT2D eigenvalue weighted by molar-refractivity contribution is -0.164. The predicted molar refractivity (Wildman–Crippen MR) is 158 cm³/mol. The minimum atomic E-state index is -0.834. The Labute approximate surface area is 247 Å². The van der Waals surface area contributed by atoms with Gasteiger partial charge in [-0.05, 0) is 26.3 Å². The second-order valence-corrected chi connectivity index (χ2v) is 13.0. The summed E-state index contributed by atoms with van der Waals surface area (Å²) in [6, 6.07) is -0.568. The number of ether oxygens (including phenoxy) is 2. The van der Waals surface area contributed by atoms with Crippen molar-refractivity contribution in [2.45, 2.75) is 50.6 Å². The highest BCUT2D eigenvalue weighted by Gasteiger charge is 2.60. The molecule has 3 aliphatic heterocycles. The van der Waals surface area contributed by atoms with E-state index in [1.165, 1.54) is 28.8 Å². The Hall–Kier alpha value is -3.35. The molecule has 10 nitrogen and oxygen atoms in total. The van der Waals surface area contributed by atoms with Crippen LogP contribution in [0.25, 0.3) is 10.9 Å². The van der Waals surface area contributed by atoms with Crippen molar-refractivity contribution in [2.75, 3.05) is 19.8 Å². The summed E-state index contributed by atoms with van der Waals surface area (Å²) in [7, 11) is 0. The van der Waals surface area contributed by atoms with E-state index in [0.29, 0.717) is 13.0 Å². The first-order valence-corrected chi connectivity index (χ1v) is 15.2.